The van der Waals surface area contributed by atoms with Crippen LogP contribution in [0, 0.1) is 6.92 Å². The van der Waals surface area contributed by atoms with Crippen molar-refractivity contribution in [3.8, 4) is 0 Å². The van der Waals surface area contributed by atoms with Gasteiger partial charge >= 0.3 is 0 Å². The van der Waals surface area contributed by atoms with Gasteiger partial charge in [-0.15, -0.1) is 0 Å². The number of rotatable bonds is 5. The minimum absolute atomic E-state index is 0.598. The molecule has 2 aromatic carbocycles. The lowest BCUT2D eigenvalue weighted by atomic mass is 10.2. The molecule has 2 heterocycles. The van der Waals surface area contributed by atoms with Crippen LogP contribution in [0.5, 0.6) is 0 Å². The highest BCUT2D eigenvalue weighted by atomic mass is 32.2. The van der Waals surface area contributed by atoms with Crippen molar-refractivity contribution < 1.29 is 0 Å². The number of nitrogens with two attached hydrogens (primary N) is 1. The highest BCUT2D eigenvalue weighted by Crippen LogP contribution is 2.30. The van der Waals surface area contributed by atoms with Gasteiger partial charge in [-0.25, -0.2) is 9.97 Å². The molecular formula is C22H26N6S. The van der Waals surface area contributed by atoms with Crippen molar-refractivity contribution in [3.05, 3.63) is 60.3 Å². The second-order valence-electron chi connectivity index (χ2n) is 7.32. The molecule has 1 aliphatic rings. The third kappa shape index (κ3) is 4.99. The van der Waals surface area contributed by atoms with Gasteiger partial charge in [-0.3, -0.25) is 0 Å². The summed E-state index contributed by atoms with van der Waals surface area (Å²) >= 11 is 1.61. The van der Waals surface area contributed by atoms with Crippen LogP contribution >= 0.6 is 11.8 Å². The fraction of sp³-hybridized carbons (Fsp3) is 0.273. The smallest absolute Gasteiger partial charge is 0.228 e. The lowest BCUT2D eigenvalue weighted by Gasteiger charge is -2.34. The summed E-state index contributed by atoms with van der Waals surface area (Å²) in [5.74, 6) is 0.598. The monoisotopic (exact) mass is 406 g/mol. The molecule has 4 rings (SSSR count). The van der Waals surface area contributed by atoms with E-state index in [-0.39, 0.29) is 0 Å². The van der Waals surface area contributed by atoms with Crippen LogP contribution in [0.2, 0.25) is 0 Å². The molecule has 1 aromatic heterocycles. The number of aromatic nitrogens is 2. The van der Waals surface area contributed by atoms with Crippen molar-refractivity contribution in [2.45, 2.75) is 16.8 Å². The summed E-state index contributed by atoms with van der Waals surface area (Å²) in [5, 5.41) is 4.25. The third-order valence-electron chi connectivity index (χ3n) is 5.01. The van der Waals surface area contributed by atoms with Gasteiger partial charge < -0.3 is 20.9 Å². The Balaban J connectivity index is 1.44. The van der Waals surface area contributed by atoms with Gasteiger partial charge in [-0.05, 0) is 62.5 Å². The maximum atomic E-state index is 5.77. The molecule has 6 nitrogen and oxygen atoms in total. The van der Waals surface area contributed by atoms with Gasteiger partial charge in [0, 0.05) is 59.9 Å². The molecule has 3 N–H and O–H groups in total. The molecule has 0 unspecified atom stereocenters. The second kappa shape index (κ2) is 8.71. The van der Waals surface area contributed by atoms with E-state index in [0.29, 0.717) is 5.95 Å². The first-order chi connectivity index (χ1) is 14.1. The summed E-state index contributed by atoms with van der Waals surface area (Å²) in [6, 6.07) is 16.3. The Bertz CT molecular complexity index is 950. The zero-order valence-electron chi connectivity index (χ0n) is 16.8. The number of hydrogen-bond acceptors (Lipinski definition) is 7. The Labute approximate surface area is 176 Å². The maximum absolute atomic E-state index is 5.77. The average Bonchev–Trinajstić information content (AvgIpc) is 2.73. The summed E-state index contributed by atoms with van der Waals surface area (Å²) in [6.45, 7) is 6.36. The molecule has 0 radical (unpaired) electrons. The molecule has 0 bridgehead atoms. The minimum Gasteiger partial charge on any atom is -0.399 e. The molecule has 0 spiro atoms. The molecule has 3 aromatic rings. The van der Waals surface area contributed by atoms with E-state index < -0.39 is 0 Å². The molecule has 150 valence electrons. The van der Waals surface area contributed by atoms with E-state index in [4.69, 9.17) is 10.7 Å². The minimum atomic E-state index is 0.598. The van der Waals surface area contributed by atoms with Gasteiger partial charge in [0.15, 0.2) is 0 Å². The number of hydrogen-bond donors (Lipinski definition) is 2. The number of benzene rings is 2. The van der Waals surface area contributed by atoms with Gasteiger partial charge in [0.05, 0.1) is 0 Å². The Morgan fingerprint density at radius 3 is 2.34 bits per heavy atom. The van der Waals surface area contributed by atoms with Crippen LogP contribution in [0.3, 0.4) is 0 Å². The van der Waals surface area contributed by atoms with Crippen LogP contribution in [0.1, 0.15) is 5.56 Å². The molecule has 0 saturated carbocycles. The van der Waals surface area contributed by atoms with Gasteiger partial charge in [-0.1, -0.05) is 11.8 Å². The van der Waals surface area contributed by atoms with Crippen molar-refractivity contribution in [2.75, 3.05) is 49.2 Å². The Morgan fingerprint density at radius 2 is 1.66 bits per heavy atom. The number of piperazine rings is 1. The zero-order chi connectivity index (χ0) is 20.2. The first kappa shape index (κ1) is 19.5. The molecule has 0 amide bonds. The normalized spacial score (nSPS) is 14.8. The molecular weight excluding hydrogens is 380 g/mol. The molecule has 7 heteroatoms. The van der Waals surface area contributed by atoms with Crippen molar-refractivity contribution >= 4 is 34.8 Å². The molecule has 1 fully saturated rings. The lowest BCUT2D eigenvalue weighted by Crippen LogP contribution is -2.44. The third-order valence-corrected chi connectivity index (χ3v) is 6.13. The number of likely N-dealkylation sites (N-methyl/N-ethyl adjacent to an activating group) is 1. The lowest BCUT2D eigenvalue weighted by molar-refractivity contribution is 0.313. The van der Waals surface area contributed by atoms with Gasteiger partial charge in [0.25, 0.3) is 0 Å². The van der Waals surface area contributed by atoms with Crippen LogP contribution in [0.4, 0.5) is 23.0 Å². The second-order valence-corrected chi connectivity index (χ2v) is 8.38. The van der Waals surface area contributed by atoms with E-state index in [9.17, 15) is 0 Å². The number of nitrogen functional groups attached to an aromatic ring is 1. The highest BCUT2D eigenvalue weighted by molar-refractivity contribution is 7.99. The fourth-order valence-corrected chi connectivity index (χ4v) is 4.03. The van der Waals surface area contributed by atoms with E-state index in [2.05, 4.69) is 51.4 Å². The standard InChI is InChI=1S/C22H26N6S/c1-16-15-24-22(26-21(16)29-20-9-3-17(23)4-10-20)25-18-5-7-19(8-6-18)28-13-11-27(2)12-14-28/h3-10,15H,11-14,23H2,1-2H3,(H,24,25,26). The van der Waals surface area contributed by atoms with Crippen molar-refractivity contribution in [3.63, 3.8) is 0 Å². The van der Waals surface area contributed by atoms with E-state index in [1.54, 1.807) is 11.8 Å². The molecule has 29 heavy (non-hydrogen) atoms. The number of nitrogens with one attached hydrogen (secondary N) is 1. The Morgan fingerprint density at radius 1 is 0.966 bits per heavy atom. The Hall–Kier alpha value is -2.77. The maximum Gasteiger partial charge on any atom is 0.228 e. The van der Waals surface area contributed by atoms with E-state index in [0.717, 1.165) is 53.0 Å². The van der Waals surface area contributed by atoms with Crippen molar-refractivity contribution in [1.29, 1.82) is 0 Å². The highest BCUT2D eigenvalue weighted by Gasteiger charge is 2.14. The molecule has 0 aliphatic carbocycles. The SMILES string of the molecule is Cc1cnc(Nc2ccc(N3CCN(C)CC3)cc2)nc1Sc1ccc(N)cc1. The van der Waals surface area contributed by atoms with Crippen molar-refractivity contribution in [2.24, 2.45) is 0 Å². The van der Waals surface area contributed by atoms with Gasteiger partial charge in [-0.2, -0.15) is 0 Å². The quantitative estimate of drug-likeness (QED) is 0.490. The summed E-state index contributed by atoms with van der Waals surface area (Å²) in [6.07, 6.45) is 1.85. The summed E-state index contributed by atoms with van der Waals surface area (Å²) in [4.78, 5) is 15.0. The van der Waals surface area contributed by atoms with E-state index in [1.807, 2.05) is 37.4 Å². The summed E-state index contributed by atoms with van der Waals surface area (Å²) in [7, 11) is 2.17. The van der Waals surface area contributed by atoms with Crippen LogP contribution in [-0.4, -0.2) is 48.1 Å². The first-order valence-corrected chi connectivity index (χ1v) is 10.6. The summed E-state index contributed by atoms with van der Waals surface area (Å²) < 4.78 is 0. The van der Waals surface area contributed by atoms with Crippen LogP contribution < -0.4 is 16.0 Å². The predicted octanol–water partition coefficient (Wildman–Crippen LogP) is 4.01. The number of nitrogens with zero attached hydrogens (tertiary/aromatic N) is 4. The largest absolute Gasteiger partial charge is 0.399 e. The first-order valence-electron chi connectivity index (χ1n) is 9.74. The zero-order valence-corrected chi connectivity index (χ0v) is 17.6. The van der Waals surface area contributed by atoms with Crippen LogP contribution in [0.15, 0.2) is 64.6 Å². The number of anilines is 4. The summed E-state index contributed by atoms with van der Waals surface area (Å²) in [5.41, 5.74) is 9.82. The number of aryl methyl sites for hydroxylation is 1. The van der Waals surface area contributed by atoms with Gasteiger partial charge in [0.1, 0.15) is 5.03 Å². The Kier molecular flexibility index (Phi) is 5.87. The topological polar surface area (TPSA) is 70.3 Å². The van der Waals surface area contributed by atoms with E-state index in [1.165, 1.54) is 5.69 Å². The van der Waals surface area contributed by atoms with E-state index >= 15 is 0 Å². The van der Waals surface area contributed by atoms with Crippen molar-refractivity contribution in [1.82, 2.24) is 14.9 Å². The van der Waals surface area contributed by atoms with Crippen LogP contribution in [0.25, 0.3) is 0 Å². The van der Waals surface area contributed by atoms with Gasteiger partial charge in [0.2, 0.25) is 5.95 Å². The van der Waals surface area contributed by atoms with Crippen LogP contribution in [-0.2, 0) is 0 Å². The predicted molar refractivity (Wildman–Crippen MR) is 121 cm³/mol. The average molecular weight is 407 g/mol. The molecule has 1 saturated heterocycles. The molecule has 1 aliphatic heterocycles. The molecule has 0 atom stereocenters. The fourth-order valence-electron chi connectivity index (χ4n) is 3.19.